The van der Waals surface area contributed by atoms with Crippen molar-refractivity contribution in [1.82, 2.24) is 5.32 Å². The monoisotopic (exact) mass is 202 g/mol. The third-order valence-corrected chi connectivity index (χ3v) is 2.20. The van der Waals surface area contributed by atoms with Crippen molar-refractivity contribution < 1.29 is 12.8 Å². The molecule has 73 valence electrons. The van der Waals surface area contributed by atoms with Crippen LogP contribution >= 0.6 is 0 Å². The van der Waals surface area contributed by atoms with Crippen LogP contribution in [0.3, 0.4) is 0 Å². The van der Waals surface area contributed by atoms with Crippen LogP contribution in [0, 0.1) is 6.26 Å². The maximum absolute atomic E-state index is 10.2. The van der Waals surface area contributed by atoms with Crippen LogP contribution in [0.1, 0.15) is 12.2 Å². The Hall–Kier alpha value is -0.810. The van der Waals surface area contributed by atoms with Gasteiger partial charge in [0.1, 0.15) is 16.5 Å². The van der Waals surface area contributed by atoms with Gasteiger partial charge in [-0.05, 0) is 25.1 Å². The molecule has 0 aromatic carbocycles. The third kappa shape index (κ3) is 4.69. The fraction of sp³-hybridized carbons (Fsp3) is 0.500. The second kappa shape index (κ2) is 5.77. The molecular weight excluding hydrogens is 190 g/mol. The van der Waals surface area contributed by atoms with Gasteiger partial charge in [0.05, 0.1) is 6.54 Å². The van der Waals surface area contributed by atoms with Crippen molar-refractivity contribution in [3.05, 3.63) is 24.2 Å². The summed E-state index contributed by atoms with van der Waals surface area (Å²) in [6, 6.07) is 3.52. The first-order chi connectivity index (χ1) is 6.29. The van der Waals surface area contributed by atoms with E-state index < -0.39 is 10.7 Å². The van der Waals surface area contributed by atoms with Gasteiger partial charge in [-0.1, -0.05) is 0 Å². The molecule has 13 heavy (non-hydrogen) atoms. The Morgan fingerprint density at radius 2 is 2.38 bits per heavy atom. The van der Waals surface area contributed by atoms with E-state index in [0.29, 0.717) is 19.5 Å². The molecule has 0 aliphatic heterocycles. The van der Waals surface area contributed by atoms with Gasteiger partial charge in [-0.2, -0.15) is 0 Å². The molecule has 1 aromatic rings. The Labute approximate surface area is 78.9 Å². The zero-order valence-electron chi connectivity index (χ0n) is 7.16. The summed E-state index contributed by atoms with van der Waals surface area (Å²) in [4.78, 5) is 0. The molecule has 0 unspecified atom stereocenters. The van der Waals surface area contributed by atoms with Gasteiger partial charge in [0.2, 0.25) is 0 Å². The molecule has 1 aromatic heterocycles. The van der Waals surface area contributed by atoms with E-state index in [2.05, 4.69) is 11.6 Å². The number of nitrogens with one attached hydrogen (secondary N) is 1. The van der Waals surface area contributed by atoms with E-state index >= 15 is 0 Å². The second-order valence-electron chi connectivity index (χ2n) is 2.61. The lowest BCUT2D eigenvalue weighted by Crippen LogP contribution is -2.15. The smallest absolute Gasteiger partial charge is 0.169 e. The average molecular weight is 202 g/mol. The van der Waals surface area contributed by atoms with Gasteiger partial charge in [-0.3, -0.25) is 0 Å². The molecule has 0 aliphatic carbocycles. The summed E-state index contributed by atoms with van der Waals surface area (Å²) in [6.07, 6.45) is 3.22. The number of hydrogen-bond donors (Lipinski definition) is 2. The summed E-state index contributed by atoms with van der Waals surface area (Å²) >= 11 is 0. The summed E-state index contributed by atoms with van der Waals surface area (Å²) in [7, 11) is -2.23. The zero-order chi connectivity index (χ0) is 9.52. The van der Waals surface area contributed by atoms with E-state index in [-0.39, 0.29) is 5.75 Å². The fourth-order valence-corrected chi connectivity index (χ4v) is 1.33. The molecule has 1 heterocycles. The van der Waals surface area contributed by atoms with Gasteiger partial charge in [-0.15, -0.1) is 0 Å². The molecule has 0 bridgehead atoms. The highest BCUT2D eigenvalue weighted by Crippen LogP contribution is 1.97. The minimum atomic E-state index is -2.23. The van der Waals surface area contributed by atoms with Crippen molar-refractivity contribution in [3.8, 4) is 0 Å². The minimum Gasteiger partial charge on any atom is -0.456 e. The standard InChI is InChI=1S/C8H12NO3S/c10-13(11)6-2-4-9-7-8-3-1-5-12-8/h1,3,9,13H,2,4,6-7H2. The Morgan fingerprint density at radius 1 is 1.54 bits per heavy atom. The van der Waals surface area contributed by atoms with Crippen LogP contribution in [0.4, 0.5) is 0 Å². The van der Waals surface area contributed by atoms with Crippen molar-refractivity contribution in [3.63, 3.8) is 0 Å². The van der Waals surface area contributed by atoms with Crippen molar-refractivity contribution >= 4 is 10.7 Å². The quantitative estimate of drug-likeness (QED) is 0.510. The molecule has 4 nitrogen and oxygen atoms in total. The maximum atomic E-state index is 10.2. The average Bonchev–Trinajstić information content (AvgIpc) is 2.55. The molecular formula is C8H12NO3S. The predicted octanol–water partition coefficient (Wildman–Crippen LogP) is 0.171. The molecule has 0 saturated heterocycles. The van der Waals surface area contributed by atoms with Gasteiger partial charge in [0.25, 0.3) is 0 Å². The van der Waals surface area contributed by atoms with Crippen molar-refractivity contribution in [2.24, 2.45) is 0 Å². The molecule has 1 radical (unpaired) electrons. The van der Waals surface area contributed by atoms with E-state index in [0.717, 1.165) is 5.76 Å². The van der Waals surface area contributed by atoms with E-state index in [1.54, 1.807) is 6.07 Å². The summed E-state index contributed by atoms with van der Waals surface area (Å²) in [5.74, 6) is 1.05. The van der Waals surface area contributed by atoms with E-state index in [4.69, 9.17) is 4.42 Å². The Morgan fingerprint density at radius 3 is 3.00 bits per heavy atom. The lowest BCUT2D eigenvalue weighted by atomic mass is 10.4. The molecule has 0 saturated carbocycles. The highest BCUT2D eigenvalue weighted by Gasteiger charge is 1.94. The van der Waals surface area contributed by atoms with Gasteiger partial charge in [0.15, 0.2) is 6.26 Å². The summed E-state index contributed by atoms with van der Waals surface area (Å²) in [6.45, 7) is 1.31. The summed E-state index contributed by atoms with van der Waals surface area (Å²) in [5.41, 5.74) is 0. The van der Waals surface area contributed by atoms with Crippen LogP contribution in [0.25, 0.3) is 0 Å². The van der Waals surface area contributed by atoms with Crippen LogP contribution in [-0.4, -0.2) is 20.7 Å². The maximum Gasteiger partial charge on any atom is 0.169 e. The van der Waals surface area contributed by atoms with Crippen LogP contribution in [-0.2, 0) is 17.2 Å². The third-order valence-electron chi connectivity index (χ3n) is 1.52. The first-order valence-corrected chi connectivity index (χ1v) is 5.42. The van der Waals surface area contributed by atoms with Gasteiger partial charge < -0.3 is 9.73 Å². The zero-order valence-corrected chi connectivity index (χ0v) is 8.05. The number of rotatable bonds is 6. The van der Waals surface area contributed by atoms with Gasteiger partial charge >= 0.3 is 0 Å². The predicted molar refractivity (Wildman–Crippen MR) is 49.0 cm³/mol. The molecule has 0 aliphatic rings. The van der Waals surface area contributed by atoms with E-state index in [1.807, 2.05) is 6.07 Å². The Bertz CT molecular complexity index is 284. The number of hydrogen-bond acceptors (Lipinski definition) is 4. The lowest BCUT2D eigenvalue weighted by molar-refractivity contribution is 0.477. The second-order valence-corrected chi connectivity index (χ2v) is 3.72. The van der Waals surface area contributed by atoms with Crippen molar-refractivity contribution in [2.75, 3.05) is 12.3 Å². The fourth-order valence-electron chi connectivity index (χ4n) is 0.910. The molecule has 0 amide bonds. The van der Waals surface area contributed by atoms with Gasteiger partial charge in [-0.25, -0.2) is 8.42 Å². The molecule has 0 atom stereocenters. The number of thiol groups is 1. The lowest BCUT2D eigenvalue weighted by Gasteiger charge is -1.99. The topological polar surface area (TPSA) is 59.3 Å². The Balaban J connectivity index is 2.02. The van der Waals surface area contributed by atoms with Crippen LogP contribution in [0.15, 0.2) is 16.5 Å². The molecule has 5 heteroatoms. The number of furan rings is 1. The highest BCUT2D eigenvalue weighted by atomic mass is 32.2. The van der Waals surface area contributed by atoms with Crippen LogP contribution in [0.5, 0.6) is 0 Å². The molecule has 0 fully saturated rings. The highest BCUT2D eigenvalue weighted by molar-refractivity contribution is 7.72. The molecule has 1 N–H and O–H groups in total. The summed E-state index contributed by atoms with van der Waals surface area (Å²) < 4.78 is 25.3. The first-order valence-electron chi connectivity index (χ1n) is 4.06. The first kappa shape index (κ1) is 10.3. The Kier molecular flexibility index (Phi) is 4.56. The van der Waals surface area contributed by atoms with E-state index in [1.165, 1.54) is 0 Å². The van der Waals surface area contributed by atoms with Crippen LogP contribution in [0.2, 0.25) is 0 Å². The molecule has 0 spiro atoms. The summed E-state index contributed by atoms with van der Waals surface area (Å²) in [5, 5.41) is 3.06. The largest absolute Gasteiger partial charge is 0.456 e. The molecule has 1 rings (SSSR count). The van der Waals surface area contributed by atoms with Crippen molar-refractivity contribution in [1.29, 1.82) is 0 Å². The minimum absolute atomic E-state index is 0.243. The normalized spacial score (nSPS) is 10.8. The van der Waals surface area contributed by atoms with Gasteiger partial charge in [0, 0.05) is 5.75 Å². The van der Waals surface area contributed by atoms with Crippen molar-refractivity contribution in [2.45, 2.75) is 13.0 Å². The van der Waals surface area contributed by atoms with Crippen LogP contribution < -0.4 is 5.32 Å². The SMILES string of the molecule is O=[SH](=O)CCCNCc1cc[c]o1. The van der Waals surface area contributed by atoms with E-state index in [9.17, 15) is 8.42 Å².